The van der Waals surface area contributed by atoms with E-state index in [1.165, 1.54) is 5.56 Å². The van der Waals surface area contributed by atoms with Gasteiger partial charge in [-0.15, -0.1) is 5.10 Å². The summed E-state index contributed by atoms with van der Waals surface area (Å²) in [6.45, 7) is 6.18. The Bertz CT molecular complexity index is 1400. The Morgan fingerprint density at radius 3 is 2.17 bits per heavy atom. The maximum absolute atomic E-state index is 12.9. The van der Waals surface area contributed by atoms with Crippen molar-refractivity contribution in [2.45, 2.75) is 33.5 Å². The fourth-order valence-corrected chi connectivity index (χ4v) is 4.42. The van der Waals surface area contributed by atoms with E-state index in [1.54, 1.807) is 6.92 Å². The first-order valence-electron chi connectivity index (χ1n) is 12.1. The van der Waals surface area contributed by atoms with Gasteiger partial charge in [0.1, 0.15) is 12.4 Å². The van der Waals surface area contributed by atoms with Crippen molar-refractivity contribution < 1.29 is 9.53 Å². The second-order valence-corrected chi connectivity index (χ2v) is 8.98. The van der Waals surface area contributed by atoms with Gasteiger partial charge >= 0.3 is 0 Å². The standard InChI is InChI=1S/C31H29N3O2/c1-22-18-19-27(20-23(22)2)33-30(24(3)35)32-34(26-14-8-5-9-15-26)31(33)28-16-10-11-17-29(28)36-21-25-12-6-4-7-13-25/h4-20,31H,21H2,1-3H3. The van der Waals surface area contributed by atoms with E-state index in [4.69, 9.17) is 9.84 Å². The molecule has 1 aliphatic rings. The van der Waals surface area contributed by atoms with Crippen molar-refractivity contribution in [3.05, 3.63) is 125 Å². The zero-order valence-corrected chi connectivity index (χ0v) is 20.8. The van der Waals surface area contributed by atoms with Crippen molar-refractivity contribution in [3.8, 4) is 5.75 Å². The summed E-state index contributed by atoms with van der Waals surface area (Å²) in [5, 5.41) is 6.77. The van der Waals surface area contributed by atoms with Gasteiger partial charge in [-0.2, -0.15) is 0 Å². The van der Waals surface area contributed by atoms with E-state index in [0.29, 0.717) is 12.4 Å². The van der Waals surface area contributed by atoms with E-state index in [1.807, 2.05) is 94.8 Å². The highest BCUT2D eigenvalue weighted by Crippen LogP contribution is 2.42. The molecule has 0 N–H and O–H groups in total. The number of nitrogens with zero attached hydrogens (tertiary/aromatic N) is 3. The molecule has 1 atom stereocenters. The molecule has 0 spiro atoms. The second kappa shape index (κ2) is 10.1. The van der Waals surface area contributed by atoms with E-state index in [2.05, 4.69) is 32.0 Å². The number of hydrazone groups is 1. The molecule has 1 aliphatic heterocycles. The lowest BCUT2D eigenvalue weighted by Gasteiger charge is -2.33. The van der Waals surface area contributed by atoms with Crippen molar-refractivity contribution in [3.63, 3.8) is 0 Å². The number of amidine groups is 1. The lowest BCUT2D eigenvalue weighted by atomic mass is 10.1. The van der Waals surface area contributed by atoms with Gasteiger partial charge in [0.25, 0.3) is 0 Å². The number of aryl methyl sites for hydroxylation is 2. The number of carbonyl (C=O) groups is 1. The Kier molecular flexibility index (Phi) is 6.54. The molecule has 0 fully saturated rings. The Hall–Kier alpha value is -4.38. The van der Waals surface area contributed by atoms with Crippen LogP contribution >= 0.6 is 0 Å². The molecular formula is C31H29N3O2. The molecule has 0 saturated heterocycles. The number of carbonyl (C=O) groups excluding carboxylic acids is 1. The summed E-state index contributed by atoms with van der Waals surface area (Å²) < 4.78 is 6.35. The molecule has 0 aliphatic carbocycles. The third-order valence-corrected chi connectivity index (χ3v) is 6.45. The Labute approximate surface area is 212 Å². The van der Waals surface area contributed by atoms with E-state index in [9.17, 15) is 4.79 Å². The number of anilines is 2. The summed E-state index contributed by atoms with van der Waals surface area (Å²) in [5.74, 6) is 1.05. The number of rotatable bonds is 7. The highest BCUT2D eigenvalue weighted by molar-refractivity contribution is 6.44. The molecule has 0 amide bonds. The summed E-state index contributed by atoms with van der Waals surface area (Å²) in [7, 11) is 0. The van der Waals surface area contributed by atoms with Gasteiger partial charge in [-0.1, -0.05) is 72.8 Å². The number of ketones is 1. The first-order valence-corrected chi connectivity index (χ1v) is 12.1. The third-order valence-electron chi connectivity index (χ3n) is 6.45. The molecule has 4 aromatic carbocycles. The fourth-order valence-electron chi connectivity index (χ4n) is 4.42. The summed E-state index contributed by atoms with van der Waals surface area (Å²) in [4.78, 5) is 14.9. The Balaban J connectivity index is 1.64. The minimum atomic E-state index is -0.402. The maximum Gasteiger partial charge on any atom is 0.198 e. The van der Waals surface area contributed by atoms with Crippen LogP contribution in [-0.4, -0.2) is 11.6 Å². The molecule has 5 nitrogen and oxygen atoms in total. The summed E-state index contributed by atoms with van der Waals surface area (Å²) in [6.07, 6.45) is -0.402. The number of para-hydroxylation sites is 2. The predicted octanol–water partition coefficient (Wildman–Crippen LogP) is 6.81. The van der Waals surface area contributed by atoms with Crippen molar-refractivity contribution in [1.29, 1.82) is 0 Å². The quantitative estimate of drug-likeness (QED) is 0.295. The van der Waals surface area contributed by atoms with Crippen molar-refractivity contribution >= 4 is 23.0 Å². The van der Waals surface area contributed by atoms with Crippen LogP contribution in [0.25, 0.3) is 0 Å². The molecule has 5 heteroatoms. The van der Waals surface area contributed by atoms with Crippen LogP contribution < -0.4 is 14.6 Å². The first-order chi connectivity index (χ1) is 17.5. The van der Waals surface area contributed by atoms with Crippen molar-refractivity contribution in [2.75, 3.05) is 9.91 Å². The van der Waals surface area contributed by atoms with Gasteiger partial charge in [0.05, 0.1) is 5.69 Å². The van der Waals surface area contributed by atoms with Crippen LogP contribution in [-0.2, 0) is 11.4 Å². The number of hydrogen-bond donors (Lipinski definition) is 0. The number of ether oxygens (including phenoxy) is 1. The molecule has 36 heavy (non-hydrogen) atoms. The monoisotopic (exact) mass is 475 g/mol. The molecule has 4 aromatic rings. The first kappa shape index (κ1) is 23.4. The zero-order valence-electron chi connectivity index (χ0n) is 20.8. The van der Waals surface area contributed by atoms with Gasteiger partial charge in [0.2, 0.25) is 0 Å². The molecule has 0 bridgehead atoms. The van der Waals surface area contributed by atoms with Crippen molar-refractivity contribution in [1.82, 2.24) is 0 Å². The van der Waals surface area contributed by atoms with Crippen LogP contribution in [0.15, 0.2) is 108 Å². The van der Waals surface area contributed by atoms with E-state index in [-0.39, 0.29) is 5.78 Å². The fraction of sp³-hybridized carbons (Fsp3) is 0.161. The molecule has 180 valence electrons. The number of benzene rings is 4. The molecule has 0 radical (unpaired) electrons. The van der Waals surface area contributed by atoms with Crippen LogP contribution in [0.5, 0.6) is 5.75 Å². The van der Waals surface area contributed by atoms with Gasteiger partial charge < -0.3 is 4.74 Å². The van der Waals surface area contributed by atoms with Gasteiger partial charge in [-0.25, -0.2) is 5.01 Å². The molecule has 5 rings (SSSR count). The van der Waals surface area contributed by atoms with E-state index < -0.39 is 6.17 Å². The largest absolute Gasteiger partial charge is 0.488 e. The highest BCUT2D eigenvalue weighted by Gasteiger charge is 2.40. The van der Waals surface area contributed by atoms with Gasteiger partial charge in [-0.3, -0.25) is 9.69 Å². The zero-order chi connectivity index (χ0) is 25.1. The summed E-state index contributed by atoms with van der Waals surface area (Å²) in [6, 6.07) is 34.3. The molecule has 0 saturated carbocycles. The minimum absolute atomic E-state index is 0.0978. The topological polar surface area (TPSA) is 45.1 Å². The van der Waals surface area contributed by atoms with Gasteiger partial charge in [-0.05, 0) is 60.9 Å². The Morgan fingerprint density at radius 2 is 1.47 bits per heavy atom. The van der Waals surface area contributed by atoms with E-state index >= 15 is 0 Å². The predicted molar refractivity (Wildman–Crippen MR) is 145 cm³/mol. The molecule has 1 unspecified atom stereocenters. The summed E-state index contributed by atoms with van der Waals surface area (Å²) >= 11 is 0. The van der Waals surface area contributed by atoms with Crippen LogP contribution in [0.2, 0.25) is 0 Å². The molecule has 1 heterocycles. The third kappa shape index (κ3) is 4.60. The average molecular weight is 476 g/mol. The average Bonchev–Trinajstić information content (AvgIpc) is 3.31. The lowest BCUT2D eigenvalue weighted by molar-refractivity contribution is -0.111. The van der Waals surface area contributed by atoms with Crippen molar-refractivity contribution in [2.24, 2.45) is 5.10 Å². The SMILES string of the molecule is CC(=O)C1=NN(c2ccccc2)C(c2ccccc2OCc2ccccc2)N1c1ccc(C)c(C)c1. The number of hydrogen-bond acceptors (Lipinski definition) is 5. The summed E-state index contributed by atoms with van der Waals surface area (Å²) in [5.41, 5.74) is 6.17. The maximum atomic E-state index is 12.9. The van der Waals surface area contributed by atoms with Crippen LogP contribution in [0, 0.1) is 13.8 Å². The van der Waals surface area contributed by atoms with Gasteiger partial charge in [0.15, 0.2) is 17.8 Å². The van der Waals surface area contributed by atoms with Crippen LogP contribution in [0.3, 0.4) is 0 Å². The molecular weight excluding hydrogens is 446 g/mol. The Morgan fingerprint density at radius 1 is 0.806 bits per heavy atom. The lowest BCUT2D eigenvalue weighted by Crippen LogP contribution is -2.38. The van der Waals surface area contributed by atoms with Crippen LogP contribution in [0.1, 0.15) is 35.3 Å². The highest BCUT2D eigenvalue weighted by atomic mass is 16.5. The normalized spacial score (nSPS) is 15.1. The van der Waals surface area contributed by atoms with Crippen LogP contribution in [0.4, 0.5) is 11.4 Å². The second-order valence-electron chi connectivity index (χ2n) is 8.98. The number of Topliss-reactive ketones (excluding diaryl/α,β-unsaturated/α-hetero) is 1. The van der Waals surface area contributed by atoms with Gasteiger partial charge in [0, 0.05) is 18.2 Å². The minimum Gasteiger partial charge on any atom is -0.488 e. The smallest absolute Gasteiger partial charge is 0.198 e. The van der Waals surface area contributed by atoms with E-state index in [0.717, 1.165) is 33.8 Å². The molecule has 0 aromatic heterocycles.